The first-order valence-corrected chi connectivity index (χ1v) is 5.58. The Bertz CT molecular complexity index is 438. The quantitative estimate of drug-likeness (QED) is 0.788. The van der Waals surface area contributed by atoms with E-state index in [0.717, 1.165) is 22.6 Å². The lowest BCUT2D eigenvalue weighted by molar-refractivity contribution is -0.125. The molecule has 2 rings (SSSR count). The first-order valence-electron chi connectivity index (χ1n) is 5.58. The lowest BCUT2D eigenvalue weighted by atomic mass is 10.0. The van der Waals surface area contributed by atoms with E-state index in [-0.39, 0.29) is 17.9 Å². The first kappa shape index (κ1) is 11.0. The van der Waals surface area contributed by atoms with Crippen molar-refractivity contribution in [1.29, 1.82) is 0 Å². The summed E-state index contributed by atoms with van der Waals surface area (Å²) in [6, 6.07) is 4.00. The number of amides is 1. The van der Waals surface area contributed by atoms with Gasteiger partial charge in [-0.15, -0.1) is 0 Å². The van der Waals surface area contributed by atoms with Gasteiger partial charge < -0.3 is 10.1 Å². The van der Waals surface area contributed by atoms with E-state index in [9.17, 15) is 4.79 Å². The van der Waals surface area contributed by atoms with Crippen LogP contribution in [0.3, 0.4) is 0 Å². The van der Waals surface area contributed by atoms with Crippen LogP contribution in [0.2, 0.25) is 0 Å². The maximum absolute atomic E-state index is 11.8. The molecule has 1 aromatic carbocycles. The zero-order valence-corrected chi connectivity index (χ0v) is 10.1. The topological polar surface area (TPSA) is 38.3 Å². The molecule has 0 saturated carbocycles. The number of fused-ring (bicyclic) bond motifs is 1. The van der Waals surface area contributed by atoms with Gasteiger partial charge in [0.05, 0.1) is 5.69 Å². The third-order valence-corrected chi connectivity index (χ3v) is 2.79. The molecule has 0 bridgehead atoms. The van der Waals surface area contributed by atoms with Crippen molar-refractivity contribution >= 4 is 11.6 Å². The number of carbonyl (C=O) groups is 1. The van der Waals surface area contributed by atoms with Gasteiger partial charge >= 0.3 is 0 Å². The molecule has 0 aliphatic carbocycles. The lowest BCUT2D eigenvalue weighted by Crippen LogP contribution is -2.40. The molecule has 16 heavy (non-hydrogen) atoms. The summed E-state index contributed by atoms with van der Waals surface area (Å²) in [5.74, 6) is 0.935. The number of aryl methyl sites for hydroxylation is 2. The molecule has 1 atom stereocenters. The minimum atomic E-state index is -0.381. The molecule has 1 N–H and O–H groups in total. The third kappa shape index (κ3) is 1.77. The van der Waals surface area contributed by atoms with Crippen LogP contribution >= 0.6 is 0 Å². The van der Waals surface area contributed by atoms with Gasteiger partial charge in [0.25, 0.3) is 5.91 Å². The molecule has 1 aliphatic rings. The minimum absolute atomic E-state index is 0.0486. The second-order valence-electron chi connectivity index (χ2n) is 4.73. The van der Waals surface area contributed by atoms with Crippen LogP contribution in [-0.4, -0.2) is 12.0 Å². The molecular weight excluding hydrogens is 202 g/mol. The Labute approximate surface area is 95.8 Å². The average molecular weight is 219 g/mol. The highest BCUT2D eigenvalue weighted by Gasteiger charge is 2.30. The summed E-state index contributed by atoms with van der Waals surface area (Å²) in [7, 11) is 0. The van der Waals surface area contributed by atoms with Gasteiger partial charge in [-0.3, -0.25) is 4.79 Å². The summed E-state index contributed by atoms with van der Waals surface area (Å²) in [4.78, 5) is 11.8. The molecule has 0 fully saturated rings. The van der Waals surface area contributed by atoms with E-state index in [1.807, 2.05) is 33.8 Å². The summed E-state index contributed by atoms with van der Waals surface area (Å²) >= 11 is 0. The highest BCUT2D eigenvalue weighted by Crippen LogP contribution is 2.35. The second kappa shape index (κ2) is 3.81. The van der Waals surface area contributed by atoms with Crippen LogP contribution in [0.5, 0.6) is 5.75 Å². The summed E-state index contributed by atoms with van der Waals surface area (Å²) in [5.41, 5.74) is 2.99. The molecule has 1 aliphatic heterocycles. The van der Waals surface area contributed by atoms with E-state index >= 15 is 0 Å². The van der Waals surface area contributed by atoms with Gasteiger partial charge in [0.2, 0.25) is 0 Å². The molecular formula is C13H17NO2. The summed E-state index contributed by atoms with van der Waals surface area (Å²) in [6.07, 6.45) is -0.381. The molecule has 0 radical (unpaired) electrons. The molecule has 1 heterocycles. The lowest BCUT2D eigenvalue weighted by Gasteiger charge is -2.29. The minimum Gasteiger partial charge on any atom is -0.478 e. The average Bonchev–Trinajstić information content (AvgIpc) is 2.15. The Morgan fingerprint density at radius 2 is 2.00 bits per heavy atom. The Morgan fingerprint density at radius 1 is 1.31 bits per heavy atom. The fourth-order valence-electron chi connectivity index (χ4n) is 2.03. The first-order chi connectivity index (χ1) is 7.49. The molecule has 0 unspecified atom stereocenters. The SMILES string of the molecule is Cc1cc(C)c2c(c1)NC(=O)[C@@H](C(C)C)O2. The maximum atomic E-state index is 11.8. The van der Waals surface area contributed by atoms with Crippen molar-refractivity contribution in [3.63, 3.8) is 0 Å². The Morgan fingerprint density at radius 3 is 2.62 bits per heavy atom. The number of rotatable bonds is 1. The van der Waals surface area contributed by atoms with Crippen LogP contribution in [0.15, 0.2) is 12.1 Å². The largest absolute Gasteiger partial charge is 0.478 e. The molecule has 3 heteroatoms. The summed E-state index contributed by atoms with van der Waals surface area (Å²) in [5, 5.41) is 2.91. The predicted molar refractivity (Wildman–Crippen MR) is 63.8 cm³/mol. The van der Waals surface area contributed by atoms with E-state index in [0.29, 0.717) is 0 Å². The Balaban J connectivity index is 2.43. The predicted octanol–water partition coefficient (Wildman–Crippen LogP) is 2.66. The number of hydrogen-bond acceptors (Lipinski definition) is 2. The van der Waals surface area contributed by atoms with E-state index in [1.165, 1.54) is 0 Å². The van der Waals surface area contributed by atoms with Crippen molar-refractivity contribution in [3.05, 3.63) is 23.3 Å². The van der Waals surface area contributed by atoms with Crippen molar-refractivity contribution in [2.45, 2.75) is 33.8 Å². The van der Waals surface area contributed by atoms with E-state index in [2.05, 4.69) is 11.4 Å². The van der Waals surface area contributed by atoms with E-state index < -0.39 is 0 Å². The number of benzene rings is 1. The fourth-order valence-corrected chi connectivity index (χ4v) is 2.03. The molecule has 0 aromatic heterocycles. The smallest absolute Gasteiger partial charge is 0.265 e. The van der Waals surface area contributed by atoms with Crippen molar-refractivity contribution in [3.8, 4) is 5.75 Å². The number of carbonyl (C=O) groups excluding carboxylic acids is 1. The normalized spacial score (nSPS) is 19.1. The van der Waals surface area contributed by atoms with Crippen LogP contribution in [0.25, 0.3) is 0 Å². The highest BCUT2D eigenvalue weighted by molar-refractivity contribution is 5.98. The van der Waals surface area contributed by atoms with Crippen LogP contribution in [0, 0.1) is 19.8 Å². The van der Waals surface area contributed by atoms with Crippen molar-refractivity contribution in [1.82, 2.24) is 0 Å². The number of anilines is 1. The number of ether oxygens (including phenoxy) is 1. The van der Waals surface area contributed by atoms with Gasteiger partial charge in [-0.1, -0.05) is 19.9 Å². The van der Waals surface area contributed by atoms with Crippen LogP contribution in [-0.2, 0) is 4.79 Å². The van der Waals surface area contributed by atoms with Gasteiger partial charge in [0.15, 0.2) is 6.10 Å². The van der Waals surface area contributed by atoms with E-state index in [1.54, 1.807) is 0 Å². The zero-order valence-electron chi connectivity index (χ0n) is 10.1. The van der Waals surface area contributed by atoms with Crippen LogP contribution in [0.4, 0.5) is 5.69 Å². The van der Waals surface area contributed by atoms with Crippen LogP contribution in [0.1, 0.15) is 25.0 Å². The zero-order chi connectivity index (χ0) is 11.9. The monoisotopic (exact) mass is 219 g/mol. The van der Waals surface area contributed by atoms with Crippen molar-refractivity contribution in [2.24, 2.45) is 5.92 Å². The summed E-state index contributed by atoms with van der Waals surface area (Å²) < 4.78 is 5.78. The van der Waals surface area contributed by atoms with Gasteiger partial charge in [0, 0.05) is 0 Å². The Hall–Kier alpha value is -1.51. The molecule has 1 aromatic rings. The van der Waals surface area contributed by atoms with Gasteiger partial charge in [-0.05, 0) is 37.0 Å². The standard InChI is InChI=1S/C13H17NO2/c1-7(2)11-13(15)14-10-6-8(3)5-9(4)12(10)16-11/h5-7,11H,1-4H3,(H,14,15)/t11-/m1/s1. The molecule has 1 amide bonds. The van der Waals surface area contributed by atoms with Crippen LogP contribution < -0.4 is 10.1 Å². The number of hydrogen-bond donors (Lipinski definition) is 1. The molecule has 86 valence electrons. The van der Waals surface area contributed by atoms with Gasteiger partial charge in [-0.25, -0.2) is 0 Å². The maximum Gasteiger partial charge on any atom is 0.265 e. The van der Waals surface area contributed by atoms with Gasteiger partial charge in [-0.2, -0.15) is 0 Å². The third-order valence-electron chi connectivity index (χ3n) is 2.79. The molecule has 3 nitrogen and oxygen atoms in total. The van der Waals surface area contributed by atoms with Crippen molar-refractivity contribution < 1.29 is 9.53 Å². The second-order valence-corrected chi connectivity index (χ2v) is 4.73. The molecule has 0 spiro atoms. The Kier molecular flexibility index (Phi) is 2.62. The van der Waals surface area contributed by atoms with Gasteiger partial charge in [0.1, 0.15) is 5.75 Å². The van der Waals surface area contributed by atoms with E-state index in [4.69, 9.17) is 4.74 Å². The van der Waals surface area contributed by atoms with Crippen molar-refractivity contribution in [2.75, 3.05) is 5.32 Å². The fraction of sp³-hybridized carbons (Fsp3) is 0.462. The molecule has 0 saturated heterocycles. The highest BCUT2D eigenvalue weighted by atomic mass is 16.5. The number of nitrogens with one attached hydrogen (secondary N) is 1. The summed E-state index contributed by atoms with van der Waals surface area (Å²) in [6.45, 7) is 7.98.